The van der Waals surface area contributed by atoms with Crippen LogP contribution in [0.1, 0.15) is 0 Å². The maximum atomic E-state index is 5.87. The molecule has 3 aromatic heterocycles. The molecule has 0 saturated heterocycles. The van der Waals surface area contributed by atoms with Crippen LogP contribution in [0.5, 0.6) is 0 Å². The van der Waals surface area contributed by atoms with Gasteiger partial charge in [-0.25, -0.2) is 15.0 Å². The molecule has 0 unspecified atom stereocenters. The monoisotopic (exact) mass is 312 g/mol. The Labute approximate surface area is 129 Å². The molecule has 1 aromatic carbocycles. The Morgan fingerprint density at radius 3 is 2.71 bits per heavy atom. The maximum absolute atomic E-state index is 5.87. The lowest BCUT2D eigenvalue weighted by atomic mass is 10.3. The quantitative estimate of drug-likeness (QED) is 0.521. The van der Waals surface area contributed by atoms with Crippen LogP contribution in [0, 0.1) is 0 Å². The Morgan fingerprint density at radius 2 is 1.95 bits per heavy atom. The first-order valence-electron chi connectivity index (χ1n) is 6.32. The molecule has 3 heterocycles. The number of hydrogen-bond donors (Lipinski definition) is 0. The van der Waals surface area contributed by atoms with Gasteiger partial charge in [0.25, 0.3) is 0 Å². The van der Waals surface area contributed by atoms with Gasteiger partial charge in [0.15, 0.2) is 5.13 Å². The van der Waals surface area contributed by atoms with Crippen molar-refractivity contribution in [3.8, 4) is 16.5 Å². The Hall–Kier alpha value is -2.24. The van der Waals surface area contributed by atoms with Crippen LogP contribution in [0.25, 0.3) is 27.6 Å². The summed E-state index contributed by atoms with van der Waals surface area (Å²) in [6, 6.07) is 11.7. The SMILES string of the molecule is Clc1ccc(-c2nc3ccccc3n2-c2nccs2)cn1. The average molecular weight is 313 g/mol. The van der Waals surface area contributed by atoms with Crippen molar-refractivity contribution in [3.05, 3.63) is 59.3 Å². The van der Waals surface area contributed by atoms with Crippen LogP contribution in [0.2, 0.25) is 5.15 Å². The highest BCUT2D eigenvalue weighted by atomic mass is 35.5. The molecule has 0 aliphatic heterocycles. The van der Waals surface area contributed by atoms with Crippen molar-refractivity contribution in [2.75, 3.05) is 0 Å². The first-order valence-corrected chi connectivity index (χ1v) is 7.58. The Balaban J connectivity index is 2.04. The number of pyridine rings is 1. The van der Waals surface area contributed by atoms with E-state index in [1.165, 1.54) is 0 Å². The van der Waals surface area contributed by atoms with Crippen LogP contribution in [0.15, 0.2) is 54.2 Å². The van der Waals surface area contributed by atoms with E-state index < -0.39 is 0 Å². The van der Waals surface area contributed by atoms with Gasteiger partial charge in [0.1, 0.15) is 11.0 Å². The van der Waals surface area contributed by atoms with E-state index in [1.54, 1.807) is 29.8 Å². The van der Waals surface area contributed by atoms with Gasteiger partial charge in [-0.15, -0.1) is 11.3 Å². The van der Waals surface area contributed by atoms with Gasteiger partial charge in [-0.2, -0.15) is 0 Å². The number of imidazole rings is 1. The number of aromatic nitrogens is 4. The molecule has 21 heavy (non-hydrogen) atoms. The third-order valence-electron chi connectivity index (χ3n) is 3.16. The van der Waals surface area contributed by atoms with Crippen LogP contribution < -0.4 is 0 Å². The second kappa shape index (κ2) is 4.95. The lowest BCUT2D eigenvalue weighted by molar-refractivity contribution is 1.07. The van der Waals surface area contributed by atoms with Crippen LogP contribution in [0.3, 0.4) is 0 Å². The normalized spacial score (nSPS) is 11.1. The fourth-order valence-corrected chi connectivity index (χ4v) is 3.01. The highest BCUT2D eigenvalue weighted by Gasteiger charge is 2.15. The van der Waals surface area contributed by atoms with Crippen molar-refractivity contribution >= 4 is 34.0 Å². The molecule has 4 aromatic rings. The summed E-state index contributed by atoms with van der Waals surface area (Å²) in [5.41, 5.74) is 2.86. The molecule has 0 radical (unpaired) electrons. The molecule has 6 heteroatoms. The van der Waals surface area contributed by atoms with Gasteiger partial charge in [-0.05, 0) is 24.3 Å². The van der Waals surface area contributed by atoms with Gasteiger partial charge in [0, 0.05) is 23.3 Å². The van der Waals surface area contributed by atoms with Crippen LogP contribution in [0.4, 0.5) is 0 Å². The molecule has 4 nitrogen and oxygen atoms in total. The van der Waals surface area contributed by atoms with E-state index in [4.69, 9.17) is 16.6 Å². The van der Waals surface area contributed by atoms with Gasteiger partial charge in [-0.1, -0.05) is 23.7 Å². The maximum Gasteiger partial charge on any atom is 0.195 e. The van der Waals surface area contributed by atoms with E-state index in [2.05, 4.69) is 9.97 Å². The summed E-state index contributed by atoms with van der Waals surface area (Å²) >= 11 is 7.44. The van der Waals surface area contributed by atoms with Crippen LogP contribution in [-0.4, -0.2) is 19.5 Å². The summed E-state index contributed by atoms with van der Waals surface area (Å²) in [6.07, 6.45) is 3.52. The molecular weight excluding hydrogens is 304 g/mol. The van der Waals surface area contributed by atoms with Gasteiger partial charge in [0.2, 0.25) is 0 Å². The summed E-state index contributed by atoms with van der Waals surface area (Å²) in [5.74, 6) is 0.815. The number of para-hydroxylation sites is 2. The second-order valence-corrected chi connectivity index (χ2v) is 5.70. The lowest BCUT2D eigenvalue weighted by Gasteiger charge is -2.05. The molecule has 0 N–H and O–H groups in total. The van der Waals surface area contributed by atoms with Crippen molar-refractivity contribution in [3.63, 3.8) is 0 Å². The zero-order chi connectivity index (χ0) is 14.2. The third kappa shape index (κ3) is 2.11. The number of benzene rings is 1. The predicted molar refractivity (Wildman–Crippen MR) is 85.0 cm³/mol. The fraction of sp³-hybridized carbons (Fsp3) is 0. The molecule has 0 saturated carbocycles. The van der Waals surface area contributed by atoms with Crippen molar-refractivity contribution in [2.24, 2.45) is 0 Å². The molecule has 0 aliphatic carbocycles. The van der Waals surface area contributed by atoms with Gasteiger partial charge >= 0.3 is 0 Å². The van der Waals surface area contributed by atoms with Crippen LogP contribution in [-0.2, 0) is 0 Å². The van der Waals surface area contributed by atoms with Gasteiger partial charge in [-0.3, -0.25) is 4.57 Å². The summed E-state index contributed by atoms with van der Waals surface area (Å²) < 4.78 is 2.05. The van der Waals surface area contributed by atoms with E-state index in [0.717, 1.165) is 27.6 Å². The minimum Gasteiger partial charge on any atom is -0.268 e. The summed E-state index contributed by atoms with van der Waals surface area (Å²) in [4.78, 5) is 13.3. The Bertz CT molecular complexity index is 897. The molecule has 4 rings (SSSR count). The second-order valence-electron chi connectivity index (χ2n) is 4.44. The first kappa shape index (κ1) is 12.5. The first-order chi connectivity index (χ1) is 10.3. The number of halogens is 1. The smallest absolute Gasteiger partial charge is 0.195 e. The molecule has 0 atom stereocenters. The fourth-order valence-electron chi connectivity index (χ4n) is 2.25. The molecule has 0 aliphatic rings. The number of fused-ring (bicyclic) bond motifs is 1. The minimum absolute atomic E-state index is 0.468. The largest absolute Gasteiger partial charge is 0.268 e. The lowest BCUT2D eigenvalue weighted by Crippen LogP contribution is -1.97. The van der Waals surface area contributed by atoms with E-state index in [1.807, 2.05) is 40.3 Å². The average Bonchev–Trinajstić information content (AvgIpc) is 3.14. The van der Waals surface area contributed by atoms with E-state index in [0.29, 0.717) is 5.15 Å². The Morgan fingerprint density at radius 1 is 1.05 bits per heavy atom. The highest BCUT2D eigenvalue weighted by Crippen LogP contribution is 2.29. The molecular formula is C15H9ClN4S. The number of thiazole rings is 1. The minimum atomic E-state index is 0.468. The predicted octanol–water partition coefficient (Wildman–Crippen LogP) is 4.20. The van der Waals surface area contributed by atoms with Gasteiger partial charge < -0.3 is 0 Å². The van der Waals surface area contributed by atoms with E-state index in [9.17, 15) is 0 Å². The summed E-state index contributed by atoms with van der Waals surface area (Å²) in [5, 5.41) is 3.30. The summed E-state index contributed by atoms with van der Waals surface area (Å²) in [7, 11) is 0. The highest BCUT2D eigenvalue weighted by molar-refractivity contribution is 7.12. The van der Waals surface area contributed by atoms with Crippen molar-refractivity contribution in [2.45, 2.75) is 0 Å². The van der Waals surface area contributed by atoms with Crippen molar-refractivity contribution in [1.29, 1.82) is 0 Å². The van der Waals surface area contributed by atoms with E-state index >= 15 is 0 Å². The molecule has 0 spiro atoms. The van der Waals surface area contributed by atoms with E-state index in [-0.39, 0.29) is 0 Å². The topological polar surface area (TPSA) is 43.6 Å². The molecule has 0 fully saturated rings. The third-order valence-corrected chi connectivity index (χ3v) is 4.14. The van der Waals surface area contributed by atoms with Crippen molar-refractivity contribution < 1.29 is 0 Å². The number of rotatable bonds is 2. The summed E-state index contributed by atoms with van der Waals surface area (Å²) in [6.45, 7) is 0. The zero-order valence-electron chi connectivity index (χ0n) is 10.8. The standard InChI is InChI=1S/C15H9ClN4S/c16-13-6-5-10(9-18-13)14-19-11-3-1-2-4-12(11)20(14)15-17-7-8-21-15/h1-9H. The van der Waals surface area contributed by atoms with Gasteiger partial charge in [0.05, 0.1) is 11.0 Å². The van der Waals surface area contributed by atoms with Crippen LogP contribution >= 0.6 is 22.9 Å². The van der Waals surface area contributed by atoms with Crippen molar-refractivity contribution in [1.82, 2.24) is 19.5 Å². The molecule has 0 amide bonds. The Kier molecular flexibility index (Phi) is 2.94. The molecule has 0 bridgehead atoms. The number of hydrogen-bond acceptors (Lipinski definition) is 4. The zero-order valence-corrected chi connectivity index (χ0v) is 12.3. The number of nitrogens with zero attached hydrogens (tertiary/aromatic N) is 4. The molecule has 102 valence electrons.